The van der Waals surface area contributed by atoms with Gasteiger partial charge in [-0.15, -0.1) is 5.10 Å². The first-order chi connectivity index (χ1) is 11.3. The number of benzene rings is 2. The van der Waals surface area contributed by atoms with Gasteiger partial charge in [0.25, 0.3) is 0 Å². The maximum Gasteiger partial charge on any atom is 0.116 e. The van der Waals surface area contributed by atoms with Gasteiger partial charge >= 0.3 is 0 Å². The summed E-state index contributed by atoms with van der Waals surface area (Å²) in [6, 6.07) is 18.6. The third kappa shape index (κ3) is 3.48. The lowest BCUT2D eigenvalue weighted by atomic mass is 10.0. The van der Waals surface area contributed by atoms with Crippen LogP contribution in [0, 0.1) is 6.92 Å². The molecule has 0 atom stereocenters. The van der Waals surface area contributed by atoms with Gasteiger partial charge in [0.1, 0.15) is 5.69 Å². The molecule has 0 amide bonds. The van der Waals surface area contributed by atoms with E-state index in [1.54, 1.807) is 0 Å². The monoisotopic (exact) mass is 307 g/mol. The van der Waals surface area contributed by atoms with Crippen molar-refractivity contribution in [2.24, 2.45) is 0 Å². The zero-order chi connectivity index (χ0) is 16.1. The minimum atomic E-state index is -0.0949. The Labute approximate surface area is 136 Å². The van der Waals surface area contributed by atoms with Gasteiger partial charge in [-0.05, 0) is 30.9 Å². The molecule has 3 rings (SSSR count). The highest BCUT2D eigenvalue weighted by atomic mass is 16.3. The summed E-state index contributed by atoms with van der Waals surface area (Å²) < 4.78 is 1.91. The lowest BCUT2D eigenvalue weighted by molar-refractivity contribution is 0.277. The van der Waals surface area contributed by atoms with Crippen molar-refractivity contribution in [3.63, 3.8) is 0 Å². The molecule has 4 nitrogen and oxygen atoms in total. The fourth-order valence-corrected chi connectivity index (χ4v) is 2.82. The topological polar surface area (TPSA) is 50.9 Å². The van der Waals surface area contributed by atoms with Crippen LogP contribution in [0.15, 0.2) is 54.6 Å². The van der Waals surface area contributed by atoms with E-state index in [-0.39, 0.29) is 6.61 Å². The van der Waals surface area contributed by atoms with E-state index >= 15 is 0 Å². The lowest BCUT2D eigenvalue weighted by Crippen LogP contribution is -2.05. The van der Waals surface area contributed by atoms with Crippen molar-refractivity contribution < 1.29 is 5.11 Å². The van der Waals surface area contributed by atoms with Crippen molar-refractivity contribution in [1.29, 1.82) is 0 Å². The molecule has 2 aromatic carbocycles. The van der Waals surface area contributed by atoms with Gasteiger partial charge in [0, 0.05) is 12.1 Å². The van der Waals surface area contributed by atoms with Crippen LogP contribution in [0.5, 0.6) is 0 Å². The van der Waals surface area contributed by atoms with Crippen LogP contribution in [0.25, 0.3) is 11.3 Å². The fraction of sp³-hybridized carbons (Fsp3) is 0.263. The number of aliphatic hydroxyl groups is 1. The quantitative estimate of drug-likeness (QED) is 0.759. The molecule has 0 radical (unpaired) electrons. The van der Waals surface area contributed by atoms with Crippen molar-refractivity contribution in [3.05, 3.63) is 71.4 Å². The first-order valence-electron chi connectivity index (χ1n) is 7.92. The van der Waals surface area contributed by atoms with Gasteiger partial charge in [0.15, 0.2) is 0 Å². The van der Waals surface area contributed by atoms with Crippen LogP contribution in [0.1, 0.15) is 23.2 Å². The summed E-state index contributed by atoms with van der Waals surface area (Å²) in [5.41, 5.74) is 5.14. The molecule has 0 aliphatic rings. The summed E-state index contributed by atoms with van der Waals surface area (Å²) in [4.78, 5) is 0. The van der Waals surface area contributed by atoms with E-state index < -0.39 is 0 Å². The molecule has 0 spiro atoms. The van der Waals surface area contributed by atoms with E-state index in [9.17, 15) is 5.11 Å². The minimum absolute atomic E-state index is 0.0949. The van der Waals surface area contributed by atoms with Gasteiger partial charge in [-0.1, -0.05) is 59.8 Å². The Morgan fingerprint density at radius 1 is 1.00 bits per heavy atom. The zero-order valence-corrected chi connectivity index (χ0v) is 13.3. The molecule has 1 heterocycles. The smallest absolute Gasteiger partial charge is 0.116 e. The molecular weight excluding hydrogens is 286 g/mol. The summed E-state index contributed by atoms with van der Waals surface area (Å²) >= 11 is 0. The molecule has 0 aliphatic carbocycles. The molecule has 23 heavy (non-hydrogen) atoms. The number of rotatable bonds is 6. The Morgan fingerprint density at radius 3 is 2.48 bits per heavy atom. The summed E-state index contributed by atoms with van der Waals surface area (Å²) in [6.45, 7) is 2.76. The van der Waals surface area contributed by atoms with Crippen LogP contribution in [0.4, 0.5) is 0 Å². The van der Waals surface area contributed by atoms with Gasteiger partial charge in [-0.25, -0.2) is 4.68 Å². The third-order valence-corrected chi connectivity index (χ3v) is 4.03. The Hall–Kier alpha value is -2.46. The van der Waals surface area contributed by atoms with E-state index in [2.05, 4.69) is 53.6 Å². The second-order valence-electron chi connectivity index (χ2n) is 5.67. The van der Waals surface area contributed by atoms with E-state index in [1.165, 1.54) is 5.56 Å². The van der Waals surface area contributed by atoms with Crippen LogP contribution >= 0.6 is 0 Å². The zero-order valence-electron chi connectivity index (χ0n) is 13.3. The van der Waals surface area contributed by atoms with E-state index in [0.29, 0.717) is 5.69 Å². The summed E-state index contributed by atoms with van der Waals surface area (Å²) in [5.74, 6) is 0. The number of aliphatic hydroxyl groups excluding tert-OH is 1. The Kier molecular flexibility index (Phi) is 4.83. The van der Waals surface area contributed by atoms with Crippen LogP contribution in [-0.2, 0) is 19.6 Å². The van der Waals surface area contributed by atoms with Gasteiger partial charge in [-0.2, -0.15) is 0 Å². The van der Waals surface area contributed by atoms with Crippen LogP contribution in [0.3, 0.4) is 0 Å². The number of aromatic nitrogens is 3. The van der Waals surface area contributed by atoms with Crippen molar-refractivity contribution in [2.45, 2.75) is 32.9 Å². The number of hydrogen-bond donors (Lipinski definition) is 1. The first kappa shape index (κ1) is 15.4. The van der Waals surface area contributed by atoms with Gasteiger partial charge in [-0.3, -0.25) is 0 Å². The third-order valence-electron chi connectivity index (χ3n) is 4.03. The average Bonchev–Trinajstić information content (AvgIpc) is 2.99. The standard InChI is InChI=1S/C19H21N3O/c1-15-8-5-6-12-17(15)19-18(14-23)20-21-22(19)13-7-11-16-9-3-2-4-10-16/h2-6,8-10,12,23H,7,11,13-14H2,1H3. The highest BCUT2D eigenvalue weighted by Crippen LogP contribution is 2.26. The molecule has 0 unspecified atom stereocenters. The summed E-state index contributed by atoms with van der Waals surface area (Å²) in [5, 5.41) is 18.0. The van der Waals surface area contributed by atoms with Crippen LogP contribution < -0.4 is 0 Å². The largest absolute Gasteiger partial charge is 0.390 e. The average molecular weight is 307 g/mol. The highest BCUT2D eigenvalue weighted by Gasteiger charge is 2.15. The van der Waals surface area contributed by atoms with Crippen molar-refractivity contribution in [3.8, 4) is 11.3 Å². The van der Waals surface area contributed by atoms with Crippen molar-refractivity contribution in [2.75, 3.05) is 0 Å². The summed E-state index contributed by atoms with van der Waals surface area (Å²) in [7, 11) is 0. The number of hydrogen-bond acceptors (Lipinski definition) is 3. The molecule has 0 aliphatic heterocycles. The second-order valence-corrected chi connectivity index (χ2v) is 5.67. The molecule has 4 heteroatoms. The second kappa shape index (κ2) is 7.20. The Morgan fingerprint density at radius 2 is 1.74 bits per heavy atom. The van der Waals surface area contributed by atoms with E-state index in [0.717, 1.165) is 36.2 Å². The molecule has 1 N–H and O–H groups in total. The predicted molar refractivity (Wildman–Crippen MR) is 90.9 cm³/mol. The van der Waals surface area contributed by atoms with Crippen LogP contribution in [-0.4, -0.2) is 20.1 Å². The van der Waals surface area contributed by atoms with Crippen molar-refractivity contribution >= 4 is 0 Å². The van der Waals surface area contributed by atoms with Crippen molar-refractivity contribution in [1.82, 2.24) is 15.0 Å². The fourth-order valence-electron chi connectivity index (χ4n) is 2.82. The maximum atomic E-state index is 9.57. The molecule has 0 saturated carbocycles. The number of aryl methyl sites for hydroxylation is 3. The van der Waals surface area contributed by atoms with E-state index in [4.69, 9.17) is 0 Å². The molecule has 3 aromatic rings. The Balaban J connectivity index is 1.80. The molecular formula is C19H21N3O. The SMILES string of the molecule is Cc1ccccc1-c1c(CO)nnn1CCCc1ccccc1. The lowest BCUT2D eigenvalue weighted by Gasteiger charge is -2.10. The van der Waals surface area contributed by atoms with Gasteiger partial charge in [0.2, 0.25) is 0 Å². The molecule has 118 valence electrons. The molecule has 0 fully saturated rings. The predicted octanol–water partition coefficient (Wildman–Crippen LogP) is 3.38. The maximum absolute atomic E-state index is 9.57. The van der Waals surface area contributed by atoms with Crippen LogP contribution in [0.2, 0.25) is 0 Å². The first-order valence-corrected chi connectivity index (χ1v) is 7.92. The minimum Gasteiger partial charge on any atom is -0.390 e. The van der Waals surface area contributed by atoms with E-state index in [1.807, 2.05) is 22.9 Å². The van der Waals surface area contributed by atoms with Gasteiger partial charge < -0.3 is 5.11 Å². The highest BCUT2D eigenvalue weighted by molar-refractivity contribution is 5.65. The summed E-state index contributed by atoms with van der Waals surface area (Å²) in [6.07, 6.45) is 1.99. The molecule has 0 saturated heterocycles. The van der Waals surface area contributed by atoms with Gasteiger partial charge in [0.05, 0.1) is 12.3 Å². The normalized spacial score (nSPS) is 10.9. The number of nitrogens with zero attached hydrogens (tertiary/aromatic N) is 3. The molecule has 0 bridgehead atoms. The Bertz CT molecular complexity index is 765. The molecule has 1 aromatic heterocycles.